The standard InChI is InChI=1S/C9H18O.C8H9NO2/c1-2-5-8-6-3-4-7-9(8)10;9-8(10)11-6-7-4-2-1-3-5-7/h8-10H,2-7H2,1H3;1-5H,6H2,(H2,9,10)/t8-,9?;/m1./s1. The first-order valence-corrected chi connectivity index (χ1v) is 7.77. The van der Waals surface area contributed by atoms with E-state index < -0.39 is 6.09 Å². The largest absolute Gasteiger partial charge is 0.445 e. The van der Waals surface area contributed by atoms with Gasteiger partial charge in [0, 0.05) is 0 Å². The van der Waals surface area contributed by atoms with Crippen molar-refractivity contribution in [2.24, 2.45) is 11.7 Å². The summed E-state index contributed by atoms with van der Waals surface area (Å²) >= 11 is 0. The predicted molar refractivity (Wildman–Crippen MR) is 83.7 cm³/mol. The molecule has 0 saturated heterocycles. The third kappa shape index (κ3) is 7.71. The summed E-state index contributed by atoms with van der Waals surface area (Å²) in [5, 5.41) is 9.50. The lowest BCUT2D eigenvalue weighted by Gasteiger charge is -2.26. The first kappa shape index (κ1) is 17.5. The summed E-state index contributed by atoms with van der Waals surface area (Å²) in [4.78, 5) is 10.2. The van der Waals surface area contributed by atoms with Crippen molar-refractivity contribution in [2.75, 3.05) is 0 Å². The number of carbonyl (C=O) groups excluding carboxylic acids is 1. The highest BCUT2D eigenvalue weighted by Gasteiger charge is 2.21. The SMILES string of the molecule is CCC[C@@H]1CCCCC1O.NC(=O)OCc1ccccc1. The molecule has 2 rings (SSSR count). The number of rotatable bonds is 4. The lowest BCUT2D eigenvalue weighted by molar-refractivity contribution is 0.0650. The number of aliphatic hydroxyl groups is 1. The molecular weight excluding hydrogens is 266 g/mol. The first-order valence-electron chi connectivity index (χ1n) is 7.77. The molecule has 2 atom stereocenters. The number of primary amides is 1. The Kier molecular flexibility index (Phi) is 8.51. The summed E-state index contributed by atoms with van der Waals surface area (Å²) in [5.41, 5.74) is 5.72. The van der Waals surface area contributed by atoms with Crippen molar-refractivity contribution < 1.29 is 14.6 Å². The van der Waals surface area contributed by atoms with Crippen LogP contribution in [0.4, 0.5) is 4.79 Å². The summed E-state index contributed by atoms with van der Waals surface area (Å²) in [6.45, 7) is 2.44. The van der Waals surface area contributed by atoms with Crippen LogP contribution in [0.25, 0.3) is 0 Å². The molecule has 1 fully saturated rings. The Morgan fingerprint density at radius 1 is 1.29 bits per heavy atom. The molecule has 0 radical (unpaired) electrons. The van der Waals surface area contributed by atoms with Crippen LogP contribution in [-0.2, 0) is 11.3 Å². The van der Waals surface area contributed by atoms with Gasteiger partial charge >= 0.3 is 6.09 Å². The van der Waals surface area contributed by atoms with Crippen LogP contribution < -0.4 is 5.73 Å². The van der Waals surface area contributed by atoms with Crippen LogP contribution in [0.3, 0.4) is 0 Å². The van der Waals surface area contributed by atoms with E-state index in [0.717, 1.165) is 12.0 Å². The van der Waals surface area contributed by atoms with Crippen molar-refractivity contribution in [3.8, 4) is 0 Å². The molecule has 0 bridgehead atoms. The summed E-state index contributed by atoms with van der Waals surface area (Å²) < 4.78 is 4.57. The maximum Gasteiger partial charge on any atom is 0.404 e. The highest BCUT2D eigenvalue weighted by Crippen LogP contribution is 2.27. The number of benzene rings is 1. The number of ether oxygens (including phenoxy) is 1. The van der Waals surface area contributed by atoms with Crippen molar-refractivity contribution in [1.82, 2.24) is 0 Å². The third-order valence-electron chi connectivity index (χ3n) is 3.75. The molecule has 1 amide bonds. The maximum absolute atomic E-state index is 10.2. The van der Waals surface area contributed by atoms with E-state index in [0.29, 0.717) is 5.92 Å². The fraction of sp³-hybridized carbons (Fsp3) is 0.588. The number of carbonyl (C=O) groups is 1. The van der Waals surface area contributed by atoms with Gasteiger partial charge in [0.15, 0.2) is 0 Å². The van der Waals surface area contributed by atoms with Gasteiger partial charge in [0.05, 0.1) is 6.10 Å². The smallest absolute Gasteiger partial charge is 0.404 e. The minimum atomic E-state index is -0.742. The number of nitrogens with two attached hydrogens (primary N) is 1. The molecular formula is C17H27NO3. The van der Waals surface area contributed by atoms with E-state index in [1.165, 1.54) is 32.1 Å². The van der Waals surface area contributed by atoms with Crippen LogP contribution in [0, 0.1) is 5.92 Å². The zero-order valence-electron chi connectivity index (χ0n) is 12.8. The molecule has 1 unspecified atom stereocenters. The molecule has 0 aliphatic heterocycles. The molecule has 0 heterocycles. The van der Waals surface area contributed by atoms with E-state index in [2.05, 4.69) is 11.7 Å². The lowest BCUT2D eigenvalue weighted by Crippen LogP contribution is -2.23. The van der Waals surface area contributed by atoms with E-state index >= 15 is 0 Å². The van der Waals surface area contributed by atoms with E-state index in [1.54, 1.807) is 0 Å². The minimum absolute atomic E-state index is 0.0219. The van der Waals surface area contributed by atoms with E-state index in [4.69, 9.17) is 5.73 Å². The molecule has 118 valence electrons. The van der Waals surface area contributed by atoms with Gasteiger partial charge < -0.3 is 15.6 Å². The van der Waals surface area contributed by atoms with Gasteiger partial charge in [-0.15, -0.1) is 0 Å². The number of aliphatic hydroxyl groups excluding tert-OH is 1. The zero-order valence-corrected chi connectivity index (χ0v) is 12.8. The fourth-order valence-corrected chi connectivity index (χ4v) is 2.62. The van der Waals surface area contributed by atoms with Crippen LogP contribution in [0.15, 0.2) is 30.3 Å². The van der Waals surface area contributed by atoms with Gasteiger partial charge in [-0.05, 0) is 30.7 Å². The molecule has 0 aromatic heterocycles. The molecule has 1 saturated carbocycles. The summed E-state index contributed by atoms with van der Waals surface area (Å²) in [6.07, 6.45) is 6.61. The lowest BCUT2D eigenvalue weighted by atomic mass is 9.84. The maximum atomic E-state index is 10.2. The first-order chi connectivity index (χ1) is 10.1. The predicted octanol–water partition coefficient (Wildman–Crippen LogP) is 3.62. The van der Waals surface area contributed by atoms with E-state index in [-0.39, 0.29) is 12.7 Å². The van der Waals surface area contributed by atoms with E-state index in [1.807, 2.05) is 30.3 Å². The third-order valence-corrected chi connectivity index (χ3v) is 3.75. The Morgan fingerprint density at radius 2 is 1.95 bits per heavy atom. The number of amides is 1. The fourth-order valence-electron chi connectivity index (χ4n) is 2.62. The van der Waals surface area contributed by atoms with Crippen LogP contribution in [0.1, 0.15) is 51.0 Å². The average molecular weight is 293 g/mol. The van der Waals surface area contributed by atoms with E-state index in [9.17, 15) is 9.90 Å². The van der Waals surface area contributed by atoms with Gasteiger partial charge in [-0.1, -0.05) is 56.5 Å². The second-order valence-electron chi connectivity index (χ2n) is 5.49. The quantitative estimate of drug-likeness (QED) is 0.890. The second kappa shape index (κ2) is 10.2. The van der Waals surface area contributed by atoms with Gasteiger partial charge in [0.25, 0.3) is 0 Å². The molecule has 1 aromatic carbocycles. The summed E-state index contributed by atoms with van der Waals surface area (Å²) in [6, 6.07) is 9.37. The number of hydrogen-bond donors (Lipinski definition) is 2. The second-order valence-corrected chi connectivity index (χ2v) is 5.49. The Hall–Kier alpha value is -1.55. The Balaban J connectivity index is 0.000000211. The number of hydrogen-bond acceptors (Lipinski definition) is 3. The van der Waals surface area contributed by atoms with Crippen molar-refractivity contribution in [2.45, 2.75) is 58.2 Å². The summed E-state index contributed by atoms with van der Waals surface area (Å²) in [7, 11) is 0. The highest BCUT2D eigenvalue weighted by molar-refractivity contribution is 5.64. The highest BCUT2D eigenvalue weighted by atomic mass is 16.5. The van der Waals surface area contributed by atoms with Gasteiger partial charge in [0.2, 0.25) is 0 Å². The Morgan fingerprint density at radius 3 is 2.52 bits per heavy atom. The Labute approximate surface area is 127 Å². The topological polar surface area (TPSA) is 72.5 Å². The minimum Gasteiger partial charge on any atom is -0.445 e. The van der Waals surface area contributed by atoms with Crippen molar-refractivity contribution >= 4 is 6.09 Å². The molecule has 4 heteroatoms. The molecule has 4 nitrogen and oxygen atoms in total. The van der Waals surface area contributed by atoms with Crippen molar-refractivity contribution in [3.63, 3.8) is 0 Å². The molecule has 1 aliphatic carbocycles. The van der Waals surface area contributed by atoms with Crippen LogP contribution >= 0.6 is 0 Å². The molecule has 1 aromatic rings. The van der Waals surface area contributed by atoms with Crippen LogP contribution in [0.5, 0.6) is 0 Å². The molecule has 3 N–H and O–H groups in total. The normalized spacial score (nSPS) is 21.0. The van der Waals surface area contributed by atoms with Gasteiger partial charge in [0.1, 0.15) is 6.61 Å². The molecule has 0 spiro atoms. The molecule has 1 aliphatic rings. The van der Waals surface area contributed by atoms with Crippen molar-refractivity contribution in [3.05, 3.63) is 35.9 Å². The van der Waals surface area contributed by atoms with Gasteiger partial charge in [-0.3, -0.25) is 0 Å². The van der Waals surface area contributed by atoms with Gasteiger partial charge in [-0.25, -0.2) is 4.79 Å². The van der Waals surface area contributed by atoms with Crippen LogP contribution in [0.2, 0.25) is 0 Å². The van der Waals surface area contributed by atoms with Gasteiger partial charge in [-0.2, -0.15) is 0 Å². The average Bonchev–Trinajstić information content (AvgIpc) is 2.49. The Bertz CT molecular complexity index is 392. The monoisotopic (exact) mass is 293 g/mol. The zero-order chi connectivity index (χ0) is 15.5. The summed E-state index contributed by atoms with van der Waals surface area (Å²) in [5.74, 6) is 0.624. The van der Waals surface area contributed by atoms with Crippen LogP contribution in [-0.4, -0.2) is 17.3 Å². The molecule has 21 heavy (non-hydrogen) atoms. The van der Waals surface area contributed by atoms with Crippen molar-refractivity contribution in [1.29, 1.82) is 0 Å².